The lowest BCUT2D eigenvalue weighted by Crippen LogP contribution is -2.45. The summed E-state index contributed by atoms with van der Waals surface area (Å²) in [5.74, 6) is -0.875. The topological polar surface area (TPSA) is 91.3 Å². The summed E-state index contributed by atoms with van der Waals surface area (Å²) >= 11 is 3.17. The van der Waals surface area contributed by atoms with Gasteiger partial charge in [-0.2, -0.15) is 0 Å². The SMILES string of the molecule is CSc1nc2ccc(NC(=O)NC(C)(C)CCC(=O)O)cc2s1. The molecule has 0 atom stereocenters. The number of hydrogen-bond acceptors (Lipinski definition) is 5. The van der Waals surface area contributed by atoms with Crippen molar-refractivity contribution in [1.29, 1.82) is 0 Å². The van der Waals surface area contributed by atoms with Crippen LogP contribution in [-0.4, -0.2) is 33.9 Å². The average molecular weight is 353 g/mol. The first-order valence-corrected chi connectivity index (χ1v) is 9.09. The molecule has 0 aliphatic carbocycles. The number of amides is 2. The number of carbonyl (C=O) groups excluding carboxylic acids is 1. The number of nitrogens with zero attached hydrogens (tertiary/aromatic N) is 1. The number of carbonyl (C=O) groups is 2. The smallest absolute Gasteiger partial charge is 0.319 e. The fraction of sp³-hybridized carbons (Fsp3) is 0.400. The maximum absolute atomic E-state index is 12.1. The zero-order chi connectivity index (χ0) is 17.0. The van der Waals surface area contributed by atoms with Crippen molar-refractivity contribution in [3.8, 4) is 0 Å². The van der Waals surface area contributed by atoms with E-state index in [4.69, 9.17) is 5.11 Å². The van der Waals surface area contributed by atoms with Crippen molar-refractivity contribution in [2.45, 2.75) is 36.6 Å². The molecule has 2 amide bonds. The van der Waals surface area contributed by atoms with Gasteiger partial charge in [-0.3, -0.25) is 4.79 Å². The third-order valence-corrected chi connectivity index (χ3v) is 5.22. The Hall–Kier alpha value is -1.80. The number of nitrogens with one attached hydrogen (secondary N) is 2. The van der Waals surface area contributed by atoms with Gasteiger partial charge in [-0.05, 0) is 44.7 Å². The number of benzene rings is 1. The molecule has 0 saturated carbocycles. The minimum Gasteiger partial charge on any atom is -0.481 e. The lowest BCUT2D eigenvalue weighted by molar-refractivity contribution is -0.137. The maximum Gasteiger partial charge on any atom is 0.319 e. The number of fused-ring (bicyclic) bond motifs is 1. The molecule has 6 nitrogen and oxygen atoms in total. The Bertz CT molecular complexity index is 728. The maximum atomic E-state index is 12.1. The van der Waals surface area contributed by atoms with Gasteiger partial charge in [0.1, 0.15) is 0 Å². The van der Waals surface area contributed by atoms with E-state index in [1.807, 2.05) is 18.4 Å². The number of carboxylic acids is 1. The van der Waals surface area contributed by atoms with Crippen molar-refractivity contribution in [2.75, 3.05) is 11.6 Å². The number of urea groups is 1. The number of rotatable bonds is 6. The van der Waals surface area contributed by atoms with Crippen LogP contribution in [0.25, 0.3) is 10.2 Å². The Kier molecular flexibility index (Phi) is 5.48. The van der Waals surface area contributed by atoms with Crippen LogP contribution in [0.5, 0.6) is 0 Å². The quantitative estimate of drug-likeness (QED) is 0.687. The highest BCUT2D eigenvalue weighted by molar-refractivity contribution is 8.00. The van der Waals surface area contributed by atoms with E-state index in [0.29, 0.717) is 12.1 Å². The normalized spacial score (nSPS) is 11.4. The molecule has 0 bridgehead atoms. The molecule has 23 heavy (non-hydrogen) atoms. The van der Waals surface area contributed by atoms with Crippen molar-refractivity contribution in [1.82, 2.24) is 10.3 Å². The van der Waals surface area contributed by atoms with E-state index in [1.54, 1.807) is 43.0 Å². The molecule has 0 aliphatic heterocycles. The summed E-state index contributed by atoms with van der Waals surface area (Å²) in [5.41, 5.74) is 0.996. The predicted octanol–water partition coefficient (Wildman–Crippen LogP) is 3.78. The number of thiazole rings is 1. The van der Waals surface area contributed by atoms with E-state index >= 15 is 0 Å². The predicted molar refractivity (Wildman–Crippen MR) is 94.5 cm³/mol. The average Bonchev–Trinajstić information content (AvgIpc) is 2.87. The third kappa shape index (κ3) is 5.11. The van der Waals surface area contributed by atoms with Crippen molar-refractivity contribution in [3.05, 3.63) is 18.2 Å². The van der Waals surface area contributed by atoms with Gasteiger partial charge in [0.05, 0.1) is 10.2 Å². The number of carboxylic acid groups (broad SMARTS) is 1. The first-order chi connectivity index (χ1) is 10.8. The minimum absolute atomic E-state index is 0.0115. The van der Waals surface area contributed by atoms with Gasteiger partial charge in [-0.1, -0.05) is 11.8 Å². The van der Waals surface area contributed by atoms with Crippen LogP contribution in [-0.2, 0) is 4.79 Å². The fourth-order valence-electron chi connectivity index (χ4n) is 2.02. The second kappa shape index (κ2) is 7.18. The van der Waals surface area contributed by atoms with Crippen molar-refractivity contribution in [3.63, 3.8) is 0 Å². The van der Waals surface area contributed by atoms with E-state index in [1.165, 1.54) is 0 Å². The monoisotopic (exact) mass is 353 g/mol. The number of hydrogen-bond donors (Lipinski definition) is 3. The number of thioether (sulfide) groups is 1. The Morgan fingerprint density at radius 1 is 1.39 bits per heavy atom. The molecule has 0 unspecified atom stereocenters. The number of anilines is 1. The standard InChI is InChI=1S/C15H19N3O3S2/c1-15(2,7-6-12(19)20)18-13(21)16-9-4-5-10-11(8-9)23-14(17-10)22-3/h4-5,8H,6-7H2,1-3H3,(H,19,20)(H2,16,18,21). The number of aromatic nitrogens is 1. The van der Waals surface area contributed by atoms with Crippen LogP contribution in [0.1, 0.15) is 26.7 Å². The van der Waals surface area contributed by atoms with Crippen LogP contribution >= 0.6 is 23.1 Å². The Balaban J connectivity index is 2.00. The van der Waals surface area contributed by atoms with Crippen molar-refractivity contribution < 1.29 is 14.7 Å². The molecule has 0 saturated heterocycles. The summed E-state index contributed by atoms with van der Waals surface area (Å²) in [6.07, 6.45) is 2.35. The molecule has 1 aromatic carbocycles. The Morgan fingerprint density at radius 3 is 2.78 bits per heavy atom. The van der Waals surface area contributed by atoms with E-state index in [9.17, 15) is 9.59 Å². The molecule has 0 spiro atoms. The molecular weight excluding hydrogens is 334 g/mol. The van der Waals surface area contributed by atoms with E-state index in [-0.39, 0.29) is 12.5 Å². The van der Waals surface area contributed by atoms with Crippen molar-refractivity contribution >= 4 is 51.0 Å². The fourth-order valence-corrected chi connectivity index (χ4v) is 3.55. The zero-order valence-electron chi connectivity index (χ0n) is 13.2. The van der Waals surface area contributed by atoms with Gasteiger partial charge < -0.3 is 15.7 Å². The molecule has 0 aliphatic rings. The molecule has 1 aromatic heterocycles. The molecule has 8 heteroatoms. The van der Waals surface area contributed by atoms with Crippen LogP contribution in [0.4, 0.5) is 10.5 Å². The largest absolute Gasteiger partial charge is 0.481 e. The van der Waals surface area contributed by atoms with Gasteiger partial charge in [0.25, 0.3) is 0 Å². The first-order valence-electron chi connectivity index (χ1n) is 7.04. The molecule has 1 heterocycles. The van der Waals surface area contributed by atoms with Crippen LogP contribution in [0.3, 0.4) is 0 Å². The van der Waals surface area contributed by atoms with Gasteiger partial charge in [0.2, 0.25) is 0 Å². The van der Waals surface area contributed by atoms with Crippen LogP contribution in [0.2, 0.25) is 0 Å². The Labute approximate surface area is 142 Å². The summed E-state index contributed by atoms with van der Waals surface area (Å²) < 4.78 is 1.99. The van der Waals surface area contributed by atoms with Crippen LogP contribution in [0, 0.1) is 0 Å². The van der Waals surface area contributed by atoms with E-state index < -0.39 is 11.5 Å². The van der Waals surface area contributed by atoms with Crippen LogP contribution < -0.4 is 10.6 Å². The van der Waals surface area contributed by atoms with Gasteiger partial charge in [-0.15, -0.1) is 11.3 Å². The molecule has 2 aromatic rings. The zero-order valence-corrected chi connectivity index (χ0v) is 14.8. The molecular formula is C15H19N3O3S2. The lowest BCUT2D eigenvalue weighted by Gasteiger charge is -2.25. The van der Waals surface area contributed by atoms with Gasteiger partial charge in [-0.25, -0.2) is 9.78 Å². The summed E-state index contributed by atoms with van der Waals surface area (Å²) in [5, 5.41) is 14.3. The number of aliphatic carboxylic acids is 1. The van der Waals surface area contributed by atoms with E-state index in [2.05, 4.69) is 15.6 Å². The molecule has 124 valence electrons. The minimum atomic E-state index is -0.875. The summed E-state index contributed by atoms with van der Waals surface area (Å²) in [6.45, 7) is 3.60. The van der Waals surface area contributed by atoms with Crippen LogP contribution in [0.15, 0.2) is 22.5 Å². The summed E-state index contributed by atoms with van der Waals surface area (Å²) in [7, 11) is 0. The highest BCUT2D eigenvalue weighted by Crippen LogP contribution is 2.30. The highest BCUT2D eigenvalue weighted by Gasteiger charge is 2.21. The van der Waals surface area contributed by atoms with E-state index in [0.717, 1.165) is 14.6 Å². The van der Waals surface area contributed by atoms with Gasteiger partial charge in [0.15, 0.2) is 4.34 Å². The molecule has 3 N–H and O–H groups in total. The first kappa shape index (κ1) is 17.6. The summed E-state index contributed by atoms with van der Waals surface area (Å²) in [4.78, 5) is 27.2. The van der Waals surface area contributed by atoms with Gasteiger partial charge in [0, 0.05) is 17.6 Å². The Morgan fingerprint density at radius 2 is 2.13 bits per heavy atom. The second-order valence-electron chi connectivity index (χ2n) is 5.72. The third-order valence-electron chi connectivity index (χ3n) is 3.22. The highest BCUT2D eigenvalue weighted by atomic mass is 32.2. The molecule has 0 radical (unpaired) electrons. The van der Waals surface area contributed by atoms with Crippen molar-refractivity contribution in [2.24, 2.45) is 0 Å². The lowest BCUT2D eigenvalue weighted by atomic mass is 9.99. The molecule has 2 rings (SSSR count). The molecule has 0 fully saturated rings. The second-order valence-corrected chi connectivity index (χ2v) is 7.81. The summed E-state index contributed by atoms with van der Waals surface area (Å²) in [6, 6.07) is 5.21. The van der Waals surface area contributed by atoms with Gasteiger partial charge >= 0.3 is 12.0 Å².